The van der Waals surface area contributed by atoms with Gasteiger partial charge in [0.2, 0.25) is 0 Å². The summed E-state index contributed by atoms with van der Waals surface area (Å²) >= 11 is 0. The van der Waals surface area contributed by atoms with Gasteiger partial charge in [-0.05, 0) is 44.0 Å². The third kappa shape index (κ3) is 5.32. The first kappa shape index (κ1) is 15.5. The van der Waals surface area contributed by atoms with E-state index < -0.39 is 0 Å². The van der Waals surface area contributed by atoms with Crippen molar-refractivity contribution in [1.29, 1.82) is 0 Å². The van der Waals surface area contributed by atoms with Crippen LogP contribution in [-0.2, 0) is 6.54 Å². The molecule has 3 nitrogen and oxygen atoms in total. The Bertz CT molecular complexity index is 420. The minimum Gasteiger partial charge on any atom is -0.345 e. The van der Waals surface area contributed by atoms with Crippen molar-refractivity contribution in [3.63, 3.8) is 0 Å². The summed E-state index contributed by atoms with van der Waals surface area (Å²) in [4.78, 5) is 6.77. The average Bonchev–Trinajstić information content (AvgIpc) is 2.38. The first-order valence-electron chi connectivity index (χ1n) is 7.08. The van der Waals surface area contributed by atoms with Gasteiger partial charge in [0.1, 0.15) is 5.82 Å². The summed E-state index contributed by atoms with van der Waals surface area (Å²) in [5, 5.41) is 3.42. The summed E-state index contributed by atoms with van der Waals surface area (Å²) in [5.41, 5.74) is 2.32. The zero-order valence-corrected chi connectivity index (χ0v) is 12.4. The van der Waals surface area contributed by atoms with E-state index in [1.165, 1.54) is 5.56 Å². The lowest BCUT2D eigenvalue weighted by Gasteiger charge is -2.21. The summed E-state index contributed by atoms with van der Waals surface area (Å²) < 4.78 is 0. The molecule has 0 aromatic carbocycles. The Labute approximate surface area is 117 Å². The molecule has 0 bridgehead atoms. The number of hydrogen-bond donors (Lipinski definition) is 1. The van der Waals surface area contributed by atoms with E-state index in [1.54, 1.807) is 0 Å². The van der Waals surface area contributed by atoms with Crippen molar-refractivity contribution >= 4 is 5.82 Å². The van der Waals surface area contributed by atoms with Crippen molar-refractivity contribution in [2.45, 2.75) is 40.2 Å². The highest BCUT2D eigenvalue weighted by Gasteiger charge is 2.07. The summed E-state index contributed by atoms with van der Waals surface area (Å²) in [6.07, 6.45) is 7.66. The van der Waals surface area contributed by atoms with Crippen LogP contribution in [0.5, 0.6) is 0 Å². The van der Waals surface area contributed by atoms with Gasteiger partial charge >= 0.3 is 0 Å². The molecule has 0 atom stereocenters. The van der Waals surface area contributed by atoms with E-state index in [0.717, 1.165) is 44.0 Å². The van der Waals surface area contributed by atoms with Crippen LogP contribution in [-0.4, -0.2) is 24.6 Å². The molecule has 1 aromatic rings. The number of anilines is 1. The molecular weight excluding hydrogens is 234 g/mol. The van der Waals surface area contributed by atoms with E-state index in [9.17, 15) is 0 Å². The molecule has 3 heteroatoms. The van der Waals surface area contributed by atoms with Crippen molar-refractivity contribution < 1.29 is 0 Å². The van der Waals surface area contributed by atoms with Crippen LogP contribution in [0.15, 0.2) is 12.1 Å². The molecule has 0 aliphatic carbocycles. The lowest BCUT2D eigenvalue weighted by atomic mass is 10.2. The molecule has 1 rings (SSSR count). The first-order valence-corrected chi connectivity index (χ1v) is 7.08. The lowest BCUT2D eigenvalue weighted by molar-refractivity contribution is 0.673. The number of hydrogen-bond acceptors (Lipinski definition) is 3. The summed E-state index contributed by atoms with van der Waals surface area (Å²) in [6.45, 7) is 9.86. The van der Waals surface area contributed by atoms with Gasteiger partial charge in [0.15, 0.2) is 0 Å². The largest absolute Gasteiger partial charge is 0.345 e. The second-order valence-corrected chi connectivity index (χ2v) is 4.78. The van der Waals surface area contributed by atoms with Gasteiger partial charge in [-0.3, -0.25) is 0 Å². The molecule has 1 heterocycles. The quantitative estimate of drug-likeness (QED) is 0.575. The molecule has 0 saturated carbocycles. The number of pyridine rings is 1. The molecule has 0 spiro atoms. The van der Waals surface area contributed by atoms with Crippen molar-refractivity contribution in [1.82, 2.24) is 10.3 Å². The normalized spacial score (nSPS) is 10.2. The Kier molecular flexibility index (Phi) is 6.99. The minimum absolute atomic E-state index is 0.617. The van der Waals surface area contributed by atoms with Gasteiger partial charge in [0.25, 0.3) is 0 Å². The molecule has 0 unspecified atom stereocenters. The molecule has 0 radical (unpaired) electrons. The van der Waals surface area contributed by atoms with Crippen LogP contribution in [0.4, 0.5) is 5.82 Å². The maximum atomic E-state index is 5.44. The van der Waals surface area contributed by atoms with E-state index >= 15 is 0 Å². The van der Waals surface area contributed by atoms with Gasteiger partial charge in [0.05, 0.1) is 6.54 Å². The molecular formula is C16H25N3. The van der Waals surface area contributed by atoms with Gasteiger partial charge in [-0.1, -0.05) is 19.8 Å². The van der Waals surface area contributed by atoms with Crippen molar-refractivity contribution in [3.8, 4) is 12.3 Å². The smallest absolute Gasteiger partial charge is 0.129 e. The second kappa shape index (κ2) is 8.55. The van der Waals surface area contributed by atoms with Crippen molar-refractivity contribution in [2.24, 2.45) is 0 Å². The predicted molar refractivity (Wildman–Crippen MR) is 82.3 cm³/mol. The number of nitrogens with one attached hydrogen (secondary N) is 1. The number of aromatic nitrogens is 1. The molecule has 0 saturated heterocycles. The van der Waals surface area contributed by atoms with E-state index in [2.05, 4.69) is 47.1 Å². The summed E-state index contributed by atoms with van der Waals surface area (Å²) in [7, 11) is 0. The highest BCUT2D eigenvalue weighted by atomic mass is 15.2. The van der Waals surface area contributed by atoms with E-state index in [0.29, 0.717) is 6.54 Å². The molecule has 0 aliphatic heterocycles. The van der Waals surface area contributed by atoms with Crippen LogP contribution in [0.2, 0.25) is 0 Å². The first-order chi connectivity index (χ1) is 9.21. The molecule has 1 N–H and O–H groups in total. The highest BCUT2D eigenvalue weighted by Crippen LogP contribution is 2.15. The van der Waals surface area contributed by atoms with Gasteiger partial charge in [-0.2, -0.15) is 0 Å². The molecule has 1 aromatic heterocycles. The van der Waals surface area contributed by atoms with Crippen molar-refractivity contribution in [3.05, 3.63) is 23.4 Å². The predicted octanol–water partition coefficient (Wildman–Crippen LogP) is 2.74. The van der Waals surface area contributed by atoms with Crippen LogP contribution in [0.3, 0.4) is 0 Å². The highest BCUT2D eigenvalue weighted by molar-refractivity contribution is 5.43. The minimum atomic E-state index is 0.617. The average molecular weight is 259 g/mol. The fourth-order valence-electron chi connectivity index (χ4n) is 2.05. The monoisotopic (exact) mass is 259 g/mol. The van der Waals surface area contributed by atoms with Crippen LogP contribution < -0.4 is 10.2 Å². The number of rotatable bonds is 8. The van der Waals surface area contributed by atoms with Crippen LogP contribution in [0, 0.1) is 19.3 Å². The maximum absolute atomic E-state index is 5.44. The third-order valence-electron chi connectivity index (χ3n) is 2.86. The van der Waals surface area contributed by atoms with Crippen molar-refractivity contribution in [2.75, 3.05) is 24.5 Å². The van der Waals surface area contributed by atoms with Gasteiger partial charge in [0, 0.05) is 18.8 Å². The van der Waals surface area contributed by atoms with E-state index in [1.807, 2.05) is 6.92 Å². The molecule has 0 fully saturated rings. The Hall–Kier alpha value is -1.53. The van der Waals surface area contributed by atoms with Gasteiger partial charge < -0.3 is 10.2 Å². The lowest BCUT2D eigenvalue weighted by Crippen LogP contribution is -2.26. The van der Waals surface area contributed by atoms with E-state index in [4.69, 9.17) is 6.42 Å². The zero-order chi connectivity index (χ0) is 14.1. The standard InChI is InChI=1S/C16H25N3/c1-5-8-17-13-15-11-14(4)18-16(12-15)19(9-6-2)10-7-3/h2,11-12,17H,5,7-10,13H2,1,3-4H3. The molecule has 0 amide bonds. The maximum Gasteiger partial charge on any atom is 0.129 e. The Morgan fingerprint density at radius 2 is 2.11 bits per heavy atom. The van der Waals surface area contributed by atoms with Crippen LogP contribution in [0.25, 0.3) is 0 Å². The number of aryl methyl sites for hydroxylation is 1. The SMILES string of the molecule is C#CCN(CCC)c1cc(CNCCC)cc(C)n1. The third-order valence-corrected chi connectivity index (χ3v) is 2.86. The number of nitrogens with zero attached hydrogens (tertiary/aromatic N) is 2. The Balaban J connectivity index is 2.84. The molecule has 104 valence electrons. The fraction of sp³-hybridized carbons (Fsp3) is 0.562. The Morgan fingerprint density at radius 3 is 2.74 bits per heavy atom. The summed E-state index contributed by atoms with van der Waals surface area (Å²) in [5.74, 6) is 3.71. The topological polar surface area (TPSA) is 28.2 Å². The second-order valence-electron chi connectivity index (χ2n) is 4.78. The van der Waals surface area contributed by atoms with Crippen LogP contribution in [0.1, 0.15) is 37.9 Å². The Morgan fingerprint density at radius 1 is 1.32 bits per heavy atom. The molecule has 0 aliphatic rings. The molecule has 19 heavy (non-hydrogen) atoms. The fourth-order valence-corrected chi connectivity index (χ4v) is 2.05. The zero-order valence-electron chi connectivity index (χ0n) is 12.4. The van der Waals surface area contributed by atoms with E-state index in [-0.39, 0.29) is 0 Å². The van der Waals surface area contributed by atoms with Gasteiger partial charge in [-0.25, -0.2) is 4.98 Å². The number of terminal acetylenes is 1. The van der Waals surface area contributed by atoms with Gasteiger partial charge in [-0.15, -0.1) is 6.42 Å². The van der Waals surface area contributed by atoms with Crippen LogP contribution >= 0.6 is 0 Å². The summed E-state index contributed by atoms with van der Waals surface area (Å²) in [6, 6.07) is 4.27.